The van der Waals surface area contributed by atoms with Crippen molar-refractivity contribution in [3.63, 3.8) is 0 Å². The van der Waals surface area contributed by atoms with Crippen LogP contribution in [0.25, 0.3) is 10.8 Å². The van der Waals surface area contributed by atoms with E-state index in [4.69, 9.17) is 11.6 Å². The maximum absolute atomic E-state index is 11.8. The number of fused-ring (bicyclic) bond motifs is 1. The van der Waals surface area contributed by atoms with E-state index in [1.807, 2.05) is 26.0 Å². The predicted molar refractivity (Wildman–Crippen MR) is 84.4 cm³/mol. The molecule has 5 nitrogen and oxygen atoms in total. The first-order chi connectivity index (χ1) is 10.0. The molecule has 0 aliphatic carbocycles. The number of H-pyrrole nitrogens is 1. The van der Waals surface area contributed by atoms with E-state index in [9.17, 15) is 4.79 Å². The average Bonchev–Trinajstić information content (AvgIpc) is 2.47. The molecule has 106 valence electrons. The van der Waals surface area contributed by atoms with Crippen molar-refractivity contribution >= 4 is 33.9 Å². The van der Waals surface area contributed by atoms with Gasteiger partial charge in [0.2, 0.25) is 5.28 Å². The normalized spacial score (nSPS) is 10.8. The topological polar surface area (TPSA) is 70.7 Å². The van der Waals surface area contributed by atoms with E-state index in [0.29, 0.717) is 11.2 Å². The molecular formula is C15H13ClN4O. The van der Waals surface area contributed by atoms with Gasteiger partial charge in [-0.25, -0.2) is 9.97 Å². The molecule has 1 aromatic carbocycles. The lowest BCUT2D eigenvalue weighted by molar-refractivity contribution is 1.13. The number of anilines is 2. The van der Waals surface area contributed by atoms with Crippen molar-refractivity contribution in [2.75, 3.05) is 5.32 Å². The molecule has 0 atom stereocenters. The van der Waals surface area contributed by atoms with Crippen LogP contribution in [0.1, 0.15) is 11.1 Å². The number of aromatic amines is 1. The number of benzene rings is 1. The molecule has 0 aliphatic rings. The van der Waals surface area contributed by atoms with E-state index in [1.165, 1.54) is 0 Å². The Hall–Kier alpha value is -2.40. The van der Waals surface area contributed by atoms with Gasteiger partial charge >= 0.3 is 0 Å². The molecule has 2 N–H and O–H groups in total. The lowest BCUT2D eigenvalue weighted by Crippen LogP contribution is -2.06. The minimum Gasteiger partial charge on any atom is -0.340 e. The molecule has 0 radical (unpaired) electrons. The third-order valence-corrected chi connectivity index (χ3v) is 3.50. The van der Waals surface area contributed by atoms with Crippen molar-refractivity contribution in [1.29, 1.82) is 0 Å². The molecule has 0 fully saturated rings. The van der Waals surface area contributed by atoms with E-state index >= 15 is 0 Å². The van der Waals surface area contributed by atoms with E-state index in [1.54, 1.807) is 18.5 Å². The second-order valence-corrected chi connectivity index (χ2v) is 5.19. The maximum Gasteiger partial charge on any atom is 0.255 e. The minimum absolute atomic E-state index is 0.0941. The molecule has 0 amide bonds. The van der Waals surface area contributed by atoms with Gasteiger partial charge in [-0.3, -0.25) is 4.79 Å². The number of pyridine rings is 1. The van der Waals surface area contributed by atoms with Crippen LogP contribution >= 0.6 is 11.6 Å². The van der Waals surface area contributed by atoms with Crippen molar-refractivity contribution < 1.29 is 0 Å². The average molecular weight is 301 g/mol. The van der Waals surface area contributed by atoms with Crippen molar-refractivity contribution in [3.8, 4) is 0 Å². The van der Waals surface area contributed by atoms with Crippen LogP contribution in [-0.4, -0.2) is 15.0 Å². The van der Waals surface area contributed by atoms with Gasteiger partial charge in [0.15, 0.2) is 0 Å². The molecule has 0 aliphatic heterocycles. The molecule has 2 aromatic heterocycles. The number of nitrogens with zero attached hydrogens (tertiary/aromatic N) is 2. The lowest BCUT2D eigenvalue weighted by Gasteiger charge is -2.10. The second kappa shape index (κ2) is 5.18. The quantitative estimate of drug-likeness (QED) is 0.712. The molecule has 6 heteroatoms. The molecule has 0 spiro atoms. The number of halogens is 1. The number of aryl methyl sites for hydroxylation is 2. The zero-order chi connectivity index (χ0) is 15.0. The Morgan fingerprint density at radius 1 is 1.19 bits per heavy atom. The van der Waals surface area contributed by atoms with Gasteiger partial charge in [0.05, 0.1) is 0 Å². The van der Waals surface area contributed by atoms with Crippen molar-refractivity contribution in [3.05, 3.63) is 57.4 Å². The summed E-state index contributed by atoms with van der Waals surface area (Å²) >= 11 is 5.82. The number of nitrogens with one attached hydrogen (secondary N) is 2. The standard InChI is InChI=1S/C15H13ClN4O/c1-8-6-17-14(21)11-4-3-10(5-12(8)11)19-13-9(2)7-18-15(16)20-13/h3-7H,1-2H3,(H,17,21)(H,18,19,20). The van der Waals surface area contributed by atoms with E-state index in [2.05, 4.69) is 20.3 Å². The van der Waals surface area contributed by atoms with Gasteiger partial charge in [-0.2, -0.15) is 0 Å². The number of aromatic nitrogens is 3. The monoisotopic (exact) mass is 300 g/mol. The van der Waals surface area contributed by atoms with Crippen LogP contribution in [0.5, 0.6) is 0 Å². The fourth-order valence-corrected chi connectivity index (χ4v) is 2.29. The summed E-state index contributed by atoms with van der Waals surface area (Å²) in [5.74, 6) is 0.650. The van der Waals surface area contributed by atoms with Crippen LogP contribution in [0.15, 0.2) is 35.4 Å². The second-order valence-electron chi connectivity index (χ2n) is 4.86. The third-order valence-electron chi connectivity index (χ3n) is 3.31. The Morgan fingerprint density at radius 3 is 2.81 bits per heavy atom. The fraction of sp³-hybridized carbons (Fsp3) is 0.133. The maximum atomic E-state index is 11.8. The zero-order valence-electron chi connectivity index (χ0n) is 11.6. The summed E-state index contributed by atoms with van der Waals surface area (Å²) in [6.45, 7) is 3.85. The Balaban J connectivity index is 2.08. The van der Waals surface area contributed by atoms with Gasteiger partial charge in [-0.1, -0.05) is 0 Å². The minimum atomic E-state index is -0.0941. The Labute approximate surface area is 126 Å². The molecule has 0 unspecified atom stereocenters. The van der Waals surface area contributed by atoms with Gasteiger partial charge in [-0.05, 0) is 54.6 Å². The molecule has 0 bridgehead atoms. The number of hydrogen-bond donors (Lipinski definition) is 2. The van der Waals surface area contributed by atoms with Gasteiger partial charge in [0, 0.05) is 29.0 Å². The van der Waals surface area contributed by atoms with Crippen LogP contribution in [-0.2, 0) is 0 Å². The third kappa shape index (κ3) is 2.60. The molecule has 3 aromatic rings. The highest BCUT2D eigenvalue weighted by Gasteiger charge is 2.06. The largest absolute Gasteiger partial charge is 0.340 e. The highest BCUT2D eigenvalue weighted by molar-refractivity contribution is 6.28. The van der Waals surface area contributed by atoms with Gasteiger partial charge in [0.25, 0.3) is 5.56 Å². The Morgan fingerprint density at radius 2 is 2.00 bits per heavy atom. The van der Waals surface area contributed by atoms with Crippen molar-refractivity contribution in [2.24, 2.45) is 0 Å². The van der Waals surface area contributed by atoms with Crippen LogP contribution < -0.4 is 10.9 Å². The van der Waals surface area contributed by atoms with Crippen LogP contribution in [0.4, 0.5) is 11.5 Å². The van der Waals surface area contributed by atoms with Gasteiger partial charge in [-0.15, -0.1) is 0 Å². The summed E-state index contributed by atoms with van der Waals surface area (Å²) in [6, 6.07) is 5.56. The highest BCUT2D eigenvalue weighted by Crippen LogP contribution is 2.23. The molecule has 2 heterocycles. The summed E-state index contributed by atoms with van der Waals surface area (Å²) in [7, 11) is 0. The first-order valence-corrected chi connectivity index (χ1v) is 6.80. The van der Waals surface area contributed by atoms with Crippen molar-refractivity contribution in [2.45, 2.75) is 13.8 Å². The summed E-state index contributed by atoms with van der Waals surface area (Å²) < 4.78 is 0. The lowest BCUT2D eigenvalue weighted by atomic mass is 10.1. The van der Waals surface area contributed by atoms with Gasteiger partial charge < -0.3 is 10.3 Å². The zero-order valence-corrected chi connectivity index (χ0v) is 12.3. The summed E-state index contributed by atoms with van der Waals surface area (Å²) in [5, 5.41) is 4.96. The summed E-state index contributed by atoms with van der Waals surface area (Å²) in [5.41, 5.74) is 2.64. The summed E-state index contributed by atoms with van der Waals surface area (Å²) in [4.78, 5) is 22.6. The molecule has 0 saturated heterocycles. The van der Waals surface area contributed by atoms with Crippen LogP contribution in [0.2, 0.25) is 5.28 Å². The van der Waals surface area contributed by atoms with E-state index < -0.39 is 0 Å². The first-order valence-electron chi connectivity index (χ1n) is 6.43. The van der Waals surface area contributed by atoms with Crippen molar-refractivity contribution in [1.82, 2.24) is 15.0 Å². The Kier molecular flexibility index (Phi) is 3.35. The highest BCUT2D eigenvalue weighted by atomic mass is 35.5. The summed E-state index contributed by atoms with van der Waals surface area (Å²) in [6.07, 6.45) is 3.37. The SMILES string of the molecule is Cc1cnc(Cl)nc1Nc1ccc2c(=O)[nH]cc(C)c2c1. The number of hydrogen-bond acceptors (Lipinski definition) is 4. The fourth-order valence-electron chi connectivity index (χ4n) is 2.16. The predicted octanol–water partition coefficient (Wildman–Crippen LogP) is 3.33. The smallest absolute Gasteiger partial charge is 0.255 e. The van der Waals surface area contributed by atoms with E-state index in [0.717, 1.165) is 22.2 Å². The first kappa shape index (κ1) is 13.6. The molecule has 21 heavy (non-hydrogen) atoms. The van der Waals surface area contributed by atoms with Gasteiger partial charge in [0.1, 0.15) is 5.82 Å². The van der Waals surface area contributed by atoms with Crippen LogP contribution in [0.3, 0.4) is 0 Å². The van der Waals surface area contributed by atoms with E-state index in [-0.39, 0.29) is 10.8 Å². The molecule has 0 saturated carbocycles. The number of rotatable bonds is 2. The molecule has 3 rings (SSSR count). The molecular weight excluding hydrogens is 288 g/mol. The van der Waals surface area contributed by atoms with Crippen LogP contribution in [0, 0.1) is 13.8 Å². The Bertz CT molecular complexity index is 888.